The second kappa shape index (κ2) is 6.53. The van der Waals surface area contributed by atoms with Crippen LogP contribution in [-0.2, 0) is 19.0 Å². The Labute approximate surface area is 109 Å². The Morgan fingerprint density at radius 2 is 2.17 bits per heavy atom. The van der Waals surface area contributed by atoms with Gasteiger partial charge in [0.25, 0.3) is 0 Å². The fraction of sp³-hybridized carbons (Fsp3) is 0.929. The van der Waals surface area contributed by atoms with E-state index in [1.165, 1.54) is 12.8 Å². The average molecular weight is 256 g/mol. The Bertz CT molecular complexity index is 279. The van der Waals surface area contributed by atoms with Gasteiger partial charge in [0.15, 0.2) is 0 Å². The molecular formula is C14H24O4. The summed E-state index contributed by atoms with van der Waals surface area (Å²) < 4.78 is 16.2. The van der Waals surface area contributed by atoms with E-state index in [0.29, 0.717) is 31.3 Å². The van der Waals surface area contributed by atoms with Gasteiger partial charge in [0.1, 0.15) is 6.61 Å². The number of esters is 1. The third-order valence-electron chi connectivity index (χ3n) is 3.95. The van der Waals surface area contributed by atoms with Gasteiger partial charge in [0.05, 0.1) is 24.7 Å². The highest BCUT2D eigenvalue weighted by molar-refractivity contribution is 5.71. The molecule has 4 heteroatoms. The molecule has 2 fully saturated rings. The molecule has 4 atom stereocenters. The van der Waals surface area contributed by atoms with Crippen molar-refractivity contribution in [3.63, 3.8) is 0 Å². The summed E-state index contributed by atoms with van der Waals surface area (Å²) in [4.78, 5) is 11.4. The monoisotopic (exact) mass is 256 g/mol. The summed E-state index contributed by atoms with van der Waals surface area (Å²) in [6.45, 7) is 5.52. The van der Waals surface area contributed by atoms with Crippen LogP contribution in [0.2, 0.25) is 0 Å². The first-order valence-electron chi connectivity index (χ1n) is 7.10. The fourth-order valence-electron chi connectivity index (χ4n) is 2.40. The Kier molecular flexibility index (Phi) is 5.01. The fourth-order valence-corrected chi connectivity index (χ4v) is 2.40. The van der Waals surface area contributed by atoms with Crippen molar-refractivity contribution in [1.29, 1.82) is 0 Å². The van der Waals surface area contributed by atoms with E-state index >= 15 is 0 Å². The number of carbonyl (C=O) groups is 1. The second-order valence-electron chi connectivity index (χ2n) is 5.44. The molecule has 0 aromatic heterocycles. The summed E-state index contributed by atoms with van der Waals surface area (Å²) in [7, 11) is 0. The van der Waals surface area contributed by atoms with Gasteiger partial charge in [0, 0.05) is 6.61 Å². The van der Waals surface area contributed by atoms with E-state index in [-0.39, 0.29) is 11.9 Å². The van der Waals surface area contributed by atoms with Gasteiger partial charge in [0.2, 0.25) is 0 Å². The Balaban J connectivity index is 1.47. The van der Waals surface area contributed by atoms with Gasteiger partial charge in [-0.3, -0.25) is 4.79 Å². The third-order valence-corrected chi connectivity index (χ3v) is 3.95. The van der Waals surface area contributed by atoms with Crippen LogP contribution in [0.15, 0.2) is 0 Å². The van der Waals surface area contributed by atoms with Crippen LogP contribution in [0.25, 0.3) is 0 Å². The number of rotatable bonds is 7. The molecule has 104 valence electrons. The van der Waals surface area contributed by atoms with Gasteiger partial charge in [-0.1, -0.05) is 13.8 Å². The summed E-state index contributed by atoms with van der Waals surface area (Å²) in [6.07, 6.45) is 5.41. The maximum absolute atomic E-state index is 11.4. The standard InChI is InChI=1S/C14H24O4/c1-3-10(2)14(15)17-7-6-16-9-11-4-5-12-13(8-11)18-12/h10-13H,3-9H2,1-2H3. The van der Waals surface area contributed by atoms with E-state index in [0.717, 1.165) is 19.4 Å². The van der Waals surface area contributed by atoms with Crippen molar-refractivity contribution < 1.29 is 19.0 Å². The quantitative estimate of drug-likeness (QED) is 0.398. The van der Waals surface area contributed by atoms with Gasteiger partial charge in [-0.25, -0.2) is 0 Å². The zero-order chi connectivity index (χ0) is 13.0. The van der Waals surface area contributed by atoms with Crippen molar-refractivity contribution in [2.24, 2.45) is 11.8 Å². The molecule has 0 amide bonds. The summed E-state index contributed by atoms with van der Waals surface area (Å²) in [5.41, 5.74) is 0. The first-order chi connectivity index (χ1) is 8.70. The molecule has 2 rings (SSSR count). The van der Waals surface area contributed by atoms with Crippen LogP contribution in [0, 0.1) is 11.8 Å². The summed E-state index contributed by atoms with van der Waals surface area (Å²) in [6, 6.07) is 0. The number of epoxide rings is 1. The van der Waals surface area contributed by atoms with E-state index < -0.39 is 0 Å². The first-order valence-corrected chi connectivity index (χ1v) is 7.10. The van der Waals surface area contributed by atoms with Crippen LogP contribution in [0.4, 0.5) is 0 Å². The van der Waals surface area contributed by atoms with E-state index in [1.807, 2.05) is 13.8 Å². The molecule has 1 saturated carbocycles. The molecule has 0 radical (unpaired) electrons. The van der Waals surface area contributed by atoms with Crippen LogP contribution >= 0.6 is 0 Å². The lowest BCUT2D eigenvalue weighted by Crippen LogP contribution is -2.21. The van der Waals surface area contributed by atoms with Crippen LogP contribution in [-0.4, -0.2) is 38.0 Å². The number of fused-ring (bicyclic) bond motifs is 1. The maximum Gasteiger partial charge on any atom is 0.308 e. The zero-order valence-electron chi connectivity index (χ0n) is 11.4. The normalized spacial score (nSPS) is 31.6. The lowest BCUT2D eigenvalue weighted by atomic mass is 9.90. The van der Waals surface area contributed by atoms with Crippen molar-refractivity contribution in [1.82, 2.24) is 0 Å². The molecule has 1 heterocycles. The number of hydrogen-bond donors (Lipinski definition) is 0. The van der Waals surface area contributed by atoms with Crippen molar-refractivity contribution in [3.8, 4) is 0 Å². The second-order valence-corrected chi connectivity index (χ2v) is 5.44. The molecule has 0 N–H and O–H groups in total. The minimum Gasteiger partial charge on any atom is -0.463 e. The molecule has 1 saturated heterocycles. The predicted octanol–water partition coefficient (Wildman–Crippen LogP) is 2.16. The molecule has 1 aliphatic heterocycles. The van der Waals surface area contributed by atoms with Crippen LogP contribution in [0.5, 0.6) is 0 Å². The van der Waals surface area contributed by atoms with Gasteiger partial charge in [-0.05, 0) is 31.6 Å². The Morgan fingerprint density at radius 3 is 2.89 bits per heavy atom. The Morgan fingerprint density at radius 1 is 1.33 bits per heavy atom. The molecule has 0 spiro atoms. The molecule has 0 aromatic rings. The zero-order valence-corrected chi connectivity index (χ0v) is 11.4. The minimum atomic E-state index is -0.118. The lowest BCUT2D eigenvalue weighted by Gasteiger charge is -2.18. The molecule has 0 bridgehead atoms. The smallest absolute Gasteiger partial charge is 0.308 e. The molecule has 18 heavy (non-hydrogen) atoms. The van der Waals surface area contributed by atoms with E-state index in [1.54, 1.807) is 0 Å². The molecule has 4 nitrogen and oxygen atoms in total. The van der Waals surface area contributed by atoms with E-state index in [2.05, 4.69) is 0 Å². The largest absolute Gasteiger partial charge is 0.463 e. The number of carbonyl (C=O) groups excluding carboxylic acids is 1. The summed E-state index contributed by atoms with van der Waals surface area (Å²) in [5.74, 6) is 0.499. The van der Waals surface area contributed by atoms with Gasteiger partial charge in [-0.15, -0.1) is 0 Å². The lowest BCUT2D eigenvalue weighted by molar-refractivity contribution is -0.149. The summed E-state index contributed by atoms with van der Waals surface area (Å²) >= 11 is 0. The topological polar surface area (TPSA) is 48.1 Å². The predicted molar refractivity (Wildman–Crippen MR) is 67.2 cm³/mol. The molecule has 4 unspecified atom stereocenters. The number of hydrogen-bond acceptors (Lipinski definition) is 4. The van der Waals surface area contributed by atoms with Gasteiger partial charge < -0.3 is 14.2 Å². The van der Waals surface area contributed by atoms with E-state index in [9.17, 15) is 4.79 Å². The first kappa shape index (κ1) is 13.8. The van der Waals surface area contributed by atoms with Gasteiger partial charge >= 0.3 is 5.97 Å². The number of ether oxygens (including phenoxy) is 3. The molecule has 1 aliphatic carbocycles. The average Bonchev–Trinajstić information content (AvgIpc) is 3.15. The Hall–Kier alpha value is -0.610. The highest BCUT2D eigenvalue weighted by Gasteiger charge is 2.43. The minimum absolute atomic E-state index is 0.00714. The molecular weight excluding hydrogens is 232 g/mol. The highest BCUT2D eigenvalue weighted by Crippen LogP contribution is 2.39. The van der Waals surface area contributed by atoms with Crippen LogP contribution in [0.1, 0.15) is 39.5 Å². The van der Waals surface area contributed by atoms with Crippen molar-refractivity contribution in [2.75, 3.05) is 19.8 Å². The SMILES string of the molecule is CCC(C)C(=O)OCCOCC1CCC2OC2C1. The van der Waals surface area contributed by atoms with Crippen LogP contribution < -0.4 is 0 Å². The van der Waals surface area contributed by atoms with Crippen molar-refractivity contribution in [2.45, 2.75) is 51.7 Å². The van der Waals surface area contributed by atoms with E-state index in [4.69, 9.17) is 14.2 Å². The molecule has 2 aliphatic rings. The summed E-state index contributed by atoms with van der Waals surface area (Å²) in [5, 5.41) is 0. The molecule has 0 aromatic carbocycles. The maximum atomic E-state index is 11.4. The van der Waals surface area contributed by atoms with Crippen molar-refractivity contribution >= 4 is 5.97 Å². The highest BCUT2D eigenvalue weighted by atomic mass is 16.6. The van der Waals surface area contributed by atoms with Gasteiger partial charge in [-0.2, -0.15) is 0 Å². The van der Waals surface area contributed by atoms with Crippen molar-refractivity contribution in [3.05, 3.63) is 0 Å². The third kappa shape index (κ3) is 3.95. The van der Waals surface area contributed by atoms with Crippen LogP contribution in [0.3, 0.4) is 0 Å².